The number of rotatable bonds is 0. The Morgan fingerprint density at radius 2 is 1.85 bits per heavy atom. The predicted molar refractivity (Wildman–Crippen MR) is 52.4 cm³/mol. The minimum atomic E-state index is -0.134. The molecule has 0 bridgehead atoms. The molecule has 1 heterocycles. The first-order chi connectivity index (χ1) is 6.09. The average molecular weight is 177 g/mol. The zero-order valence-electron chi connectivity index (χ0n) is 8.06. The molecule has 1 aromatic heterocycles. The van der Waals surface area contributed by atoms with Crippen molar-refractivity contribution in [2.24, 2.45) is 7.05 Å². The summed E-state index contributed by atoms with van der Waals surface area (Å²) in [5, 5.41) is 0.984. The van der Waals surface area contributed by atoms with Crippen LogP contribution in [0.15, 0.2) is 18.2 Å². The molecule has 0 radical (unpaired) electrons. The zero-order chi connectivity index (χ0) is 9.59. The van der Waals surface area contributed by atoms with Crippen LogP contribution < -0.4 is 0 Å². The van der Waals surface area contributed by atoms with Crippen LogP contribution in [-0.2, 0) is 7.05 Å². The third-order valence-corrected chi connectivity index (χ3v) is 2.47. The van der Waals surface area contributed by atoms with E-state index >= 15 is 0 Å². The van der Waals surface area contributed by atoms with Crippen LogP contribution in [0.1, 0.15) is 11.3 Å². The maximum atomic E-state index is 13.5. The first kappa shape index (κ1) is 8.30. The van der Waals surface area contributed by atoms with Crippen molar-refractivity contribution in [2.45, 2.75) is 13.8 Å². The second kappa shape index (κ2) is 2.59. The minimum absolute atomic E-state index is 0.134. The van der Waals surface area contributed by atoms with Gasteiger partial charge >= 0.3 is 0 Å². The second-order valence-corrected chi connectivity index (χ2v) is 3.53. The molecule has 0 saturated heterocycles. The fourth-order valence-corrected chi connectivity index (χ4v) is 1.72. The van der Waals surface area contributed by atoms with Crippen molar-refractivity contribution in [3.63, 3.8) is 0 Å². The third-order valence-electron chi connectivity index (χ3n) is 2.47. The lowest BCUT2D eigenvalue weighted by Gasteiger charge is -2.00. The van der Waals surface area contributed by atoms with Crippen LogP contribution in [0.25, 0.3) is 10.9 Å². The number of benzene rings is 1. The summed E-state index contributed by atoms with van der Waals surface area (Å²) in [6.07, 6.45) is 0. The van der Waals surface area contributed by atoms with E-state index in [0.717, 1.165) is 16.6 Å². The lowest BCUT2D eigenvalue weighted by molar-refractivity contribution is 0.630. The molecule has 0 unspecified atom stereocenters. The molecule has 0 aliphatic rings. The third kappa shape index (κ3) is 1.13. The van der Waals surface area contributed by atoms with Gasteiger partial charge in [-0.05, 0) is 37.6 Å². The SMILES string of the molecule is Cc1cc(F)c2c(c1)cc(C)n2C. The van der Waals surface area contributed by atoms with Crippen LogP contribution in [0.5, 0.6) is 0 Å². The highest BCUT2D eigenvalue weighted by molar-refractivity contribution is 5.82. The number of halogens is 1. The Labute approximate surface area is 76.8 Å². The first-order valence-electron chi connectivity index (χ1n) is 4.32. The molecule has 2 aromatic rings. The van der Waals surface area contributed by atoms with Gasteiger partial charge in [0.2, 0.25) is 0 Å². The lowest BCUT2D eigenvalue weighted by Crippen LogP contribution is -1.92. The van der Waals surface area contributed by atoms with Crippen LogP contribution in [-0.4, -0.2) is 4.57 Å². The minimum Gasteiger partial charge on any atom is -0.346 e. The highest BCUT2D eigenvalue weighted by atomic mass is 19.1. The molecule has 68 valence electrons. The molecule has 0 fully saturated rings. The zero-order valence-corrected chi connectivity index (χ0v) is 8.06. The van der Waals surface area contributed by atoms with Gasteiger partial charge in [0.25, 0.3) is 0 Å². The highest BCUT2D eigenvalue weighted by Gasteiger charge is 2.07. The number of nitrogens with zero attached hydrogens (tertiary/aromatic N) is 1. The fourth-order valence-electron chi connectivity index (χ4n) is 1.72. The van der Waals surface area contributed by atoms with Crippen molar-refractivity contribution in [3.05, 3.63) is 35.3 Å². The molecule has 0 aliphatic carbocycles. The quantitative estimate of drug-likeness (QED) is 0.583. The second-order valence-electron chi connectivity index (χ2n) is 3.53. The number of hydrogen-bond acceptors (Lipinski definition) is 0. The molecule has 1 aromatic carbocycles. The Morgan fingerprint density at radius 1 is 1.15 bits per heavy atom. The standard InChI is InChI=1S/C11H12FN/c1-7-4-9-6-8(2)13(3)11(9)10(12)5-7/h4-6H,1-3H3. The summed E-state index contributed by atoms with van der Waals surface area (Å²) >= 11 is 0. The van der Waals surface area contributed by atoms with E-state index in [2.05, 4.69) is 0 Å². The molecule has 2 heteroatoms. The number of fused-ring (bicyclic) bond motifs is 1. The topological polar surface area (TPSA) is 4.93 Å². The summed E-state index contributed by atoms with van der Waals surface area (Å²) in [6, 6.07) is 5.58. The monoisotopic (exact) mass is 177 g/mol. The summed E-state index contributed by atoms with van der Waals surface area (Å²) in [4.78, 5) is 0. The van der Waals surface area contributed by atoms with E-state index in [9.17, 15) is 4.39 Å². The predicted octanol–water partition coefficient (Wildman–Crippen LogP) is 2.93. The van der Waals surface area contributed by atoms with E-state index < -0.39 is 0 Å². The number of hydrogen-bond donors (Lipinski definition) is 0. The van der Waals surface area contributed by atoms with Crippen LogP contribution in [0.4, 0.5) is 4.39 Å². The molecule has 13 heavy (non-hydrogen) atoms. The molecule has 0 aliphatic heterocycles. The van der Waals surface area contributed by atoms with E-state index in [0.29, 0.717) is 5.52 Å². The molecule has 0 spiro atoms. The largest absolute Gasteiger partial charge is 0.346 e. The smallest absolute Gasteiger partial charge is 0.147 e. The van der Waals surface area contributed by atoms with E-state index in [4.69, 9.17) is 0 Å². The maximum Gasteiger partial charge on any atom is 0.147 e. The lowest BCUT2D eigenvalue weighted by atomic mass is 10.2. The molecule has 1 nitrogen and oxygen atoms in total. The summed E-state index contributed by atoms with van der Waals surface area (Å²) < 4.78 is 15.4. The fraction of sp³-hybridized carbons (Fsp3) is 0.273. The van der Waals surface area contributed by atoms with Crippen molar-refractivity contribution in [2.75, 3.05) is 0 Å². The van der Waals surface area contributed by atoms with Gasteiger partial charge in [0, 0.05) is 18.1 Å². The molecular formula is C11H12FN. The Bertz CT molecular complexity index is 468. The highest BCUT2D eigenvalue weighted by Crippen LogP contribution is 2.22. The van der Waals surface area contributed by atoms with E-state index in [1.807, 2.05) is 37.6 Å². The van der Waals surface area contributed by atoms with Crippen molar-refractivity contribution in [1.29, 1.82) is 0 Å². The van der Waals surface area contributed by atoms with Gasteiger partial charge in [0.05, 0.1) is 5.52 Å². The summed E-state index contributed by atoms with van der Waals surface area (Å²) in [5.74, 6) is -0.134. The molecule has 0 atom stereocenters. The normalized spacial score (nSPS) is 11.1. The molecule has 0 N–H and O–H groups in total. The summed E-state index contributed by atoms with van der Waals surface area (Å²) in [6.45, 7) is 3.89. The Balaban J connectivity index is 2.94. The van der Waals surface area contributed by atoms with Gasteiger partial charge in [0.15, 0.2) is 0 Å². The summed E-state index contributed by atoms with van der Waals surface area (Å²) in [7, 11) is 1.88. The molecule has 0 saturated carbocycles. The van der Waals surface area contributed by atoms with Gasteiger partial charge in [0.1, 0.15) is 5.82 Å². The van der Waals surface area contributed by atoms with Gasteiger partial charge in [-0.15, -0.1) is 0 Å². The number of aryl methyl sites for hydroxylation is 3. The molecular weight excluding hydrogens is 165 g/mol. The van der Waals surface area contributed by atoms with Gasteiger partial charge in [-0.2, -0.15) is 0 Å². The van der Waals surface area contributed by atoms with Crippen LogP contribution in [0.2, 0.25) is 0 Å². The molecule has 0 amide bonds. The van der Waals surface area contributed by atoms with Crippen molar-refractivity contribution >= 4 is 10.9 Å². The van der Waals surface area contributed by atoms with Crippen LogP contribution in [0.3, 0.4) is 0 Å². The Kier molecular flexibility index (Phi) is 1.65. The van der Waals surface area contributed by atoms with Gasteiger partial charge in [-0.1, -0.05) is 0 Å². The average Bonchev–Trinajstić information content (AvgIpc) is 2.27. The van der Waals surface area contributed by atoms with Crippen molar-refractivity contribution in [3.8, 4) is 0 Å². The van der Waals surface area contributed by atoms with Crippen molar-refractivity contribution < 1.29 is 4.39 Å². The first-order valence-corrected chi connectivity index (χ1v) is 4.32. The van der Waals surface area contributed by atoms with Gasteiger partial charge < -0.3 is 4.57 Å². The van der Waals surface area contributed by atoms with E-state index in [1.54, 1.807) is 6.07 Å². The van der Waals surface area contributed by atoms with Crippen LogP contribution in [0, 0.1) is 19.7 Å². The van der Waals surface area contributed by atoms with E-state index in [-0.39, 0.29) is 5.82 Å². The maximum absolute atomic E-state index is 13.5. The van der Waals surface area contributed by atoms with E-state index in [1.165, 1.54) is 0 Å². The Morgan fingerprint density at radius 3 is 2.54 bits per heavy atom. The van der Waals surface area contributed by atoms with Crippen molar-refractivity contribution in [1.82, 2.24) is 4.57 Å². The van der Waals surface area contributed by atoms with Crippen LogP contribution >= 0.6 is 0 Å². The Hall–Kier alpha value is -1.31. The van der Waals surface area contributed by atoms with Gasteiger partial charge in [-0.25, -0.2) is 4.39 Å². The van der Waals surface area contributed by atoms with Gasteiger partial charge in [-0.3, -0.25) is 0 Å². The number of aromatic nitrogens is 1. The summed E-state index contributed by atoms with van der Waals surface area (Å²) in [5.41, 5.74) is 2.75. The molecule has 2 rings (SSSR count).